The Kier molecular flexibility index (Phi) is 3.98. The number of hydrogen-bond acceptors (Lipinski definition) is 7. The van der Waals surface area contributed by atoms with E-state index in [0.717, 1.165) is 0 Å². The van der Waals surface area contributed by atoms with Crippen molar-refractivity contribution in [1.29, 1.82) is 0 Å². The molecule has 6 nitrogen and oxygen atoms in total. The van der Waals surface area contributed by atoms with Crippen LogP contribution in [0.3, 0.4) is 0 Å². The zero-order valence-electron chi connectivity index (χ0n) is 10.3. The van der Waals surface area contributed by atoms with Crippen LogP contribution in [0.4, 0.5) is 0 Å². The summed E-state index contributed by atoms with van der Waals surface area (Å²) in [5.41, 5.74) is 0.0901. The van der Waals surface area contributed by atoms with Gasteiger partial charge >= 0.3 is 0 Å². The Labute approximate surface area is 110 Å². The molecule has 1 saturated heterocycles. The van der Waals surface area contributed by atoms with Crippen molar-refractivity contribution in [3.63, 3.8) is 0 Å². The van der Waals surface area contributed by atoms with Gasteiger partial charge in [-0.1, -0.05) is 18.3 Å². The maximum Gasteiger partial charge on any atom is 0.159 e. The van der Waals surface area contributed by atoms with Crippen molar-refractivity contribution in [3.05, 3.63) is 12.2 Å². The number of ether oxygens (including phenoxy) is 1. The molecule has 0 spiro atoms. The third-order valence-electron chi connectivity index (χ3n) is 3.13. The van der Waals surface area contributed by atoms with E-state index in [4.69, 9.17) is 4.74 Å². The smallest absolute Gasteiger partial charge is 0.159 e. The largest absolute Gasteiger partial charge is 0.388 e. The highest BCUT2D eigenvalue weighted by Crippen LogP contribution is 2.37. The van der Waals surface area contributed by atoms with Crippen molar-refractivity contribution in [1.82, 2.24) is 5.32 Å². The number of rotatable bonds is 2. The number of aliphatic hydroxyl groups excluding tert-OH is 3. The van der Waals surface area contributed by atoms with Gasteiger partial charge in [0.05, 0.1) is 0 Å². The van der Waals surface area contributed by atoms with Crippen LogP contribution in [0.1, 0.15) is 6.92 Å². The first-order valence-corrected chi connectivity index (χ1v) is 6.61. The molecule has 0 aliphatic carbocycles. The standard InChI is InChI=1S/C11H18N2O4S/c1-4(2)6(14)9-8(16)7(15)5-10(17-9)18-11(12-3)13-5/h5-10,14-16H,1H2,2-3H3,(H,12,13)/t5-,6-,7-,8+,9-,10-/m1/s1. The van der Waals surface area contributed by atoms with Gasteiger partial charge in [0.15, 0.2) is 5.17 Å². The highest BCUT2D eigenvalue weighted by atomic mass is 32.2. The lowest BCUT2D eigenvalue weighted by Gasteiger charge is -2.40. The number of nitrogens with zero attached hydrogens (tertiary/aromatic N) is 1. The Balaban J connectivity index is 2.15. The predicted octanol–water partition coefficient (Wildman–Crippen LogP) is -0.939. The molecule has 0 unspecified atom stereocenters. The first-order valence-electron chi connectivity index (χ1n) is 5.73. The lowest BCUT2D eigenvalue weighted by Crippen LogP contribution is -2.58. The Morgan fingerprint density at radius 1 is 1.50 bits per heavy atom. The Morgan fingerprint density at radius 2 is 2.17 bits per heavy atom. The van der Waals surface area contributed by atoms with Crippen molar-refractivity contribution in [3.8, 4) is 0 Å². The minimum atomic E-state index is -1.18. The minimum Gasteiger partial charge on any atom is -0.388 e. The van der Waals surface area contributed by atoms with Crippen LogP contribution < -0.4 is 5.32 Å². The molecule has 0 aromatic rings. The average molecular weight is 274 g/mol. The summed E-state index contributed by atoms with van der Waals surface area (Å²) in [6.07, 6.45) is -4.12. The van der Waals surface area contributed by atoms with Crippen LogP contribution >= 0.6 is 11.8 Å². The van der Waals surface area contributed by atoms with Gasteiger partial charge in [-0.2, -0.15) is 0 Å². The summed E-state index contributed by atoms with van der Waals surface area (Å²) in [6.45, 7) is 5.29. The molecule has 0 saturated carbocycles. The van der Waals surface area contributed by atoms with Crippen molar-refractivity contribution >= 4 is 16.9 Å². The summed E-state index contributed by atoms with van der Waals surface area (Å²) >= 11 is 1.34. The first kappa shape index (κ1) is 13.8. The molecule has 7 heteroatoms. The Morgan fingerprint density at radius 3 is 2.72 bits per heavy atom. The van der Waals surface area contributed by atoms with E-state index < -0.39 is 35.9 Å². The molecule has 0 aromatic carbocycles. The molecule has 0 amide bonds. The number of aliphatic imine (C=N–C) groups is 1. The van der Waals surface area contributed by atoms with Crippen molar-refractivity contribution in [2.45, 2.75) is 42.8 Å². The van der Waals surface area contributed by atoms with Crippen LogP contribution in [0.2, 0.25) is 0 Å². The third kappa shape index (κ3) is 2.28. The molecule has 0 aromatic heterocycles. The van der Waals surface area contributed by atoms with Gasteiger partial charge in [0, 0.05) is 7.05 Å². The number of thioether (sulfide) groups is 1. The Bertz CT molecular complexity index is 376. The van der Waals surface area contributed by atoms with Crippen LogP contribution in [0, 0.1) is 0 Å². The SMILES string of the molecule is C=C(C)[C@@H](O)[C@H]1O[C@@H]2SC(NC)=N[C@@H]2[C@@H](O)[C@@H]1O. The topological polar surface area (TPSA) is 94.3 Å². The van der Waals surface area contributed by atoms with E-state index in [1.54, 1.807) is 14.0 Å². The molecule has 102 valence electrons. The summed E-state index contributed by atoms with van der Waals surface area (Å²) in [5, 5.41) is 33.5. The van der Waals surface area contributed by atoms with E-state index in [-0.39, 0.29) is 0 Å². The molecule has 0 bridgehead atoms. The van der Waals surface area contributed by atoms with Crippen LogP contribution in [0.5, 0.6) is 0 Å². The normalized spacial score (nSPS) is 40.9. The van der Waals surface area contributed by atoms with Gasteiger partial charge in [0.1, 0.15) is 35.9 Å². The molecule has 4 N–H and O–H groups in total. The van der Waals surface area contributed by atoms with E-state index in [1.807, 2.05) is 0 Å². The van der Waals surface area contributed by atoms with Crippen molar-refractivity contribution in [2.75, 3.05) is 7.05 Å². The molecule has 6 atom stereocenters. The summed E-state index contributed by atoms with van der Waals surface area (Å²) in [6, 6.07) is -0.513. The summed E-state index contributed by atoms with van der Waals surface area (Å²) in [5.74, 6) is 0. The highest BCUT2D eigenvalue weighted by Gasteiger charge is 2.50. The molecular formula is C11H18N2O4S. The van der Waals surface area contributed by atoms with Gasteiger partial charge in [-0.05, 0) is 12.5 Å². The number of fused-ring (bicyclic) bond motifs is 1. The van der Waals surface area contributed by atoms with Gasteiger partial charge in [-0.3, -0.25) is 4.99 Å². The van der Waals surface area contributed by atoms with Crippen molar-refractivity contribution in [2.24, 2.45) is 4.99 Å². The molecule has 2 rings (SSSR count). The van der Waals surface area contributed by atoms with E-state index in [0.29, 0.717) is 10.7 Å². The van der Waals surface area contributed by atoms with E-state index in [9.17, 15) is 15.3 Å². The van der Waals surface area contributed by atoms with Gasteiger partial charge in [-0.15, -0.1) is 0 Å². The molecule has 1 fully saturated rings. The maximum atomic E-state index is 10.0. The quantitative estimate of drug-likeness (QED) is 0.486. The highest BCUT2D eigenvalue weighted by molar-refractivity contribution is 8.14. The number of nitrogens with one attached hydrogen (secondary N) is 1. The average Bonchev–Trinajstić information content (AvgIpc) is 2.76. The second kappa shape index (κ2) is 5.18. The van der Waals surface area contributed by atoms with Gasteiger partial charge in [0.2, 0.25) is 0 Å². The predicted molar refractivity (Wildman–Crippen MR) is 69.4 cm³/mol. The molecular weight excluding hydrogens is 256 g/mol. The fourth-order valence-corrected chi connectivity index (χ4v) is 3.11. The van der Waals surface area contributed by atoms with E-state index in [1.165, 1.54) is 11.8 Å². The second-order valence-corrected chi connectivity index (χ2v) is 5.62. The number of hydrogen-bond donors (Lipinski definition) is 4. The van der Waals surface area contributed by atoms with Gasteiger partial charge in [-0.25, -0.2) is 0 Å². The molecule has 2 aliphatic rings. The van der Waals surface area contributed by atoms with E-state index >= 15 is 0 Å². The summed E-state index contributed by atoms with van der Waals surface area (Å²) in [4.78, 5) is 4.23. The lowest BCUT2D eigenvalue weighted by molar-refractivity contribution is -0.178. The zero-order valence-corrected chi connectivity index (χ0v) is 11.1. The molecule has 2 heterocycles. The molecule has 0 radical (unpaired) electrons. The summed E-state index contributed by atoms with van der Waals surface area (Å²) < 4.78 is 5.64. The van der Waals surface area contributed by atoms with Crippen LogP contribution in [0.15, 0.2) is 17.1 Å². The summed E-state index contributed by atoms with van der Waals surface area (Å²) in [7, 11) is 1.73. The minimum absolute atomic E-state index is 0.398. The zero-order chi connectivity index (χ0) is 13.4. The fraction of sp³-hybridized carbons (Fsp3) is 0.727. The van der Waals surface area contributed by atoms with Gasteiger partial charge in [0.25, 0.3) is 0 Å². The molecule has 18 heavy (non-hydrogen) atoms. The molecule has 2 aliphatic heterocycles. The first-order chi connectivity index (χ1) is 8.45. The van der Waals surface area contributed by atoms with Crippen molar-refractivity contribution < 1.29 is 20.1 Å². The monoisotopic (exact) mass is 274 g/mol. The van der Waals surface area contributed by atoms with Crippen LogP contribution in [0.25, 0.3) is 0 Å². The third-order valence-corrected chi connectivity index (χ3v) is 4.29. The fourth-order valence-electron chi connectivity index (χ4n) is 2.05. The van der Waals surface area contributed by atoms with Crippen LogP contribution in [-0.4, -0.2) is 63.4 Å². The maximum absolute atomic E-state index is 10.0. The lowest BCUT2D eigenvalue weighted by atomic mass is 9.92. The second-order valence-electron chi connectivity index (χ2n) is 4.53. The number of aliphatic hydroxyl groups is 3. The Hall–Kier alpha value is -0.600. The van der Waals surface area contributed by atoms with Gasteiger partial charge < -0.3 is 25.4 Å². The number of amidine groups is 1. The van der Waals surface area contributed by atoms with E-state index in [2.05, 4.69) is 16.9 Å². The van der Waals surface area contributed by atoms with Crippen LogP contribution in [-0.2, 0) is 4.74 Å².